The molecule has 0 aliphatic heterocycles. The van der Waals surface area contributed by atoms with Crippen LogP contribution in [0, 0.1) is 6.92 Å². The van der Waals surface area contributed by atoms with Gasteiger partial charge in [0, 0.05) is 17.5 Å². The Kier molecular flexibility index (Phi) is 2.04. The molecule has 1 heterocycles. The molecule has 1 aliphatic carbocycles. The van der Waals surface area contributed by atoms with Crippen LogP contribution in [0.5, 0.6) is 0 Å². The maximum absolute atomic E-state index is 5.68. The molecule has 3 heteroatoms. The number of aromatic nitrogens is 1. The van der Waals surface area contributed by atoms with Crippen molar-refractivity contribution in [1.29, 1.82) is 0 Å². The monoisotopic (exact) mass is 192 g/mol. The second-order valence-electron chi connectivity index (χ2n) is 3.44. The summed E-state index contributed by atoms with van der Waals surface area (Å²) in [4.78, 5) is 4.79. The van der Waals surface area contributed by atoms with Gasteiger partial charge in [-0.05, 0) is 37.3 Å². The Morgan fingerprint density at radius 1 is 1.54 bits per heavy atom. The van der Waals surface area contributed by atoms with E-state index in [2.05, 4.69) is 4.98 Å². The minimum atomic E-state index is 0.490. The van der Waals surface area contributed by atoms with Crippen LogP contribution in [0.1, 0.15) is 28.8 Å². The summed E-state index contributed by atoms with van der Waals surface area (Å²) in [6.45, 7) is 1.97. The molecule has 0 bridgehead atoms. The highest BCUT2D eigenvalue weighted by atomic mass is 32.1. The molecular weight excluding hydrogens is 180 g/mol. The number of fused-ring (bicyclic) bond motifs is 1. The fourth-order valence-corrected chi connectivity index (χ4v) is 2.25. The minimum Gasteiger partial charge on any atom is -0.389 e. The first-order chi connectivity index (χ1) is 6.20. The van der Waals surface area contributed by atoms with E-state index < -0.39 is 0 Å². The van der Waals surface area contributed by atoms with Crippen molar-refractivity contribution >= 4 is 17.2 Å². The summed E-state index contributed by atoms with van der Waals surface area (Å²) in [5.74, 6) is 0. The van der Waals surface area contributed by atoms with Crippen molar-refractivity contribution in [2.75, 3.05) is 0 Å². The third kappa shape index (κ3) is 1.33. The summed E-state index contributed by atoms with van der Waals surface area (Å²) in [5.41, 5.74) is 10.3. The molecule has 2 nitrogen and oxygen atoms in total. The summed E-state index contributed by atoms with van der Waals surface area (Å²) >= 11 is 5.03. The van der Waals surface area contributed by atoms with Gasteiger partial charge in [-0.25, -0.2) is 0 Å². The van der Waals surface area contributed by atoms with E-state index in [1.807, 2.05) is 13.1 Å². The zero-order valence-electron chi connectivity index (χ0n) is 7.63. The summed E-state index contributed by atoms with van der Waals surface area (Å²) in [6, 6.07) is 0. The zero-order valence-corrected chi connectivity index (χ0v) is 8.45. The van der Waals surface area contributed by atoms with E-state index in [1.54, 1.807) is 0 Å². The van der Waals surface area contributed by atoms with Gasteiger partial charge in [0.2, 0.25) is 0 Å². The van der Waals surface area contributed by atoms with E-state index in [4.69, 9.17) is 18.0 Å². The molecule has 1 aromatic heterocycles. The summed E-state index contributed by atoms with van der Waals surface area (Å²) < 4.78 is 0. The molecule has 1 aliphatic rings. The topological polar surface area (TPSA) is 38.9 Å². The van der Waals surface area contributed by atoms with Crippen LogP contribution in [0.4, 0.5) is 0 Å². The van der Waals surface area contributed by atoms with Gasteiger partial charge in [0.15, 0.2) is 0 Å². The highest BCUT2D eigenvalue weighted by Crippen LogP contribution is 2.25. The Bertz CT molecular complexity index is 371. The molecule has 0 unspecified atom stereocenters. The molecule has 0 atom stereocenters. The zero-order chi connectivity index (χ0) is 9.42. The van der Waals surface area contributed by atoms with E-state index in [0.29, 0.717) is 4.99 Å². The number of pyridine rings is 1. The van der Waals surface area contributed by atoms with Gasteiger partial charge in [0.25, 0.3) is 0 Å². The van der Waals surface area contributed by atoms with Crippen molar-refractivity contribution in [2.24, 2.45) is 5.73 Å². The fraction of sp³-hybridized carbons (Fsp3) is 0.400. The van der Waals surface area contributed by atoms with Crippen molar-refractivity contribution in [3.63, 3.8) is 0 Å². The van der Waals surface area contributed by atoms with Gasteiger partial charge < -0.3 is 5.73 Å². The van der Waals surface area contributed by atoms with Gasteiger partial charge in [-0.3, -0.25) is 4.98 Å². The number of nitrogens with two attached hydrogens (primary N) is 1. The first-order valence-corrected chi connectivity index (χ1v) is 4.88. The first-order valence-electron chi connectivity index (χ1n) is 4.47. The minimum absolute atomic E-state index is 0.490. The van der Waals surface area contributed by atoms with Crippen LogP contribution in [-0.2, 0) is 12.8 Å². The van der Waals surface area contributed by atoms with Crippen molar-refractivity contribution in [3.8, 4) is 0 Å². The van der Waals surface area contributed by atoms with Crippen LogP contribution in [-0.4, -0.2) is 9.97 Å². The Hall–Kier alpha value is -0.960. The predicted octanol–water partition coefficient (Wildman–Crippen LogP) is 1.51. The fourth-order valence-electron chi connectivity index (χ4n) is 1.98. The Morgan fingerprint density at radius 3 is 3.00 bits per heavy atom. The lowest BCUT2D eigenvalue weighted by Crippen LogP contribution is -2.15. The van der Waals surface area contributed by atoms with Gasteiger partial charge in [-0.1, -0.05) is 12.2 Å². The van der Waals surface area contributed by atoms with Gasteiger partial charge in [-0.2, -0.15) is 0 Å². The Balaban J connectivity index is 2.65. The molecule has 68 valence electrons. The summed E-state index contributed by atoms with van der Waals surface area (Å²) in [5, 5.41) is 0. The van der Waals surface area contributed by atoms with Crippen LogP contribution in [0.2, 0.25) is 0 Å². The lowest BCUT2D eigenvalue weighted by atomic mass is 10.0. The summed E-state index contributed by atoms with van der Waals surface area (Å²) in [6.07, 6.45) is 5.39. The first kappa shape index (κ1) is 8.63. The van der Waals surface area contributed by atoms with E-state index in [0.717, 1.165) is 24.1 Å². The number of hydrogen-bond acceptors (Lipinski definition) is 2. The second kappa shape index (κ2) is 3.07. The number of rotatable bonds is 1. The van der Waals surface area contributed by atoms with Crippen molar-refractivity contribution in [3.05, 3.63) is 28.6 Å². The second-order valence-corrected chi connectivity index (χ2v) is 3.88. The molecular formula is C10H12N2S. The van der Waals surface area contributed by atoms with Gasteiger partial charge in [0.1, 0.15) is 4.99 Å². The Morgan fingerprint density at radius 2 is 2.31 bits per heavy atom. The number of nitrogens with zero attached hydrogens (tertiary/aromatic N) is 1. The van der Waals surface area contributed by atoms with E-state index in [-0.39, 0.29) is 0 Å². The molecule has 0 saturated heterocycles. The van der Waals surface area contributed by atoms with Crippen LogP contribution in [0.3, 0.4) is 0 Å². The lowest BCUT2D eigenvalue weighted by molar-refractivity contribution is 0.910. The molecule has 2 rings (SSSR count). The van der Waals surface area contributed by atoms with Crippen molar-refractivity contribution in [1.82, 2.24) is 4.98 Å². The van der Waals surface area contributed by atoms with E-state index >= 15 is 0 Å². The van der Waals surface area contributed by atoms with Crippen molar-refractivity contribution in [2.45, 2.75) is 26.2 Å². The highest BCUT2D eigenvalue weighted by molar-refractivity contribution is 7.80. The standard InChI is InChI=1S/C10H12N2S/c1-6-9(10(11)13)8-4-2-3-7(8)5-12-6/h5H,2-4H2,1H3,(H2,11,13). The molecule has 0 radical (unpaired) electrons. The third-order valence-corrected chi connectivity index (χ3v) is 2.79. The van der Waals surface area contributed by atoms with E-state index in [1.165, 1.54) is 17.5 Å². The molecule has 0 spiro atoms. The van der Waals surface area contributed by atoms with Gasteiger partial charge in [0.05, 0.1) is 0 Å². The van der Waals surface area contributed by atoms with Crippen LogP contribution >= 0.6 is 12.2 Å². The number of thiocarbonyl (C=S) groups is 1. The molecule has 0 amide bonds. The predicted molar refractivity (Wildman–Crippen MR) is 56.9 cm³/mol. The largest absolute Gasteiger partial charge is 0.389 e. The van der Waals surface area contributed by atoms with Crippen LogP contribution in [0.25, 0.3) is 0 Å². The number of aryl methyl sites for hydroxylation is 2. The average molecular weight is 192 g/mol. The average Bonchev–Trinajstić information content (AvgIpc) is 2.50. The maximum Gasteiger partial charge on any atom is 0.106 e. The highest BCUT2D eigenvalue weighted by Gasteiger charge is 2.18. The molecule has 13 heavy (non-hydrogen) atoms. The normalized spacial score (nSPS) is 14.2. The quantitative estimate of drug-likeness (QED) is 0.686. The smallest absolute Gasteiger partial charge is 0.106 e. The molecule has 0 fully saturated rings. The van der Waals surface area contributed by atoms with Crippen molar-refractivity contribution < 1.29 is 0 Å². The molecule has 1 aromatic rings. The third-order valence-electron chi connectivity index (χ3n) is 2.58. The molecule has 0 saturated carbocycles. The lowest BCUT2D eigenvalue weighted by Gasteiger charge is -2.08. The molecule has 2 N–H and O–H groups in total. The van der Waals surface area contributed by atoms with Crippen LogP contribution in [0.15, 0.2) is 6.20 Å². The summed E-state index contributed by atoms with van der Waals surface area (Å²) in [7, 11) is 0. The Labute approximate surface area is 83.2 Å². The van der Waals surface area contributed by atoms with Gasteiger partial charge >= 0.3 is 0 Å². The van der Waals surface area contributed by atoms with E-state index in [9.17, 15) is 0 Å². The SMILES string of the molecule is Cc1ncc2c(c1C(N)=S)CCC2. The van der Waals surface area contributed by atoms with Crippen LogP contribution < -0.4 is 5.73 Å². The van der Waals surface area contributed by atoms with Gasteiger partial charge in [-0.15, -0.1) is 0 Å². The molecule has 0 aromatic carbocycles. The number of hydrogen-bond donors (Lipinski definition) is 1. The maximum atomic E-state index is 5.68.